The van der Waals surface area contributed by atoms with Crippen molar-refractivity contribution in [2.24, 2.45) is 11.7 Å². The van der Waals surface area contributed by atoms with Gasteiger partial charge in [0.1, 0.15) is 17.4 Å². The third-order valence-electron chi connectivity index (χ3n) is 6.28. The Hall–Kier alpha value is -3.57. The number of hydrogen-bond donors (Lipinski definition) is 1. The molecule has 0 radical (unpaired) electrons. The van der Waals surface area contributed by atoms with Gasteiger partial charge in [-0.05, 0) is 33.0 Å². The quantitative estimate of drug-likeness (QED) is 0.753. The summed E-state index contributed by atoms with van der Waals surface area (Å²) in [7, 11) is 3.86. The number of fused-ring (bicyclic) bond motifs is 4. The minimum Gasteiger partial charge on any atom is -0.440 e. The lowest BCUT2D eigenvalue weighted by molar-refractivity contribution is -0.121. The van der Waals surface area contributed by atoms with Crippen LogP contribution in [0.15, 0.2) is 46.6 Å². The van der Waals surface area contributed by atoms with Gasteiger partial charge in [0.2, 0.25) is 11.8 Å². The number of para-hydroxylation sites is 1. The van der Waals surface area contributed by atoms with Gasteiger partial charge in [-0.15, -0.1) is 0 Å². The predicted octanol–water partition coefficient (Wildman–Crippen LogP) is 2.09. The molecule has 0 aliphatic carbocycles. The summed E-state index contributed by atoms with van der Waals surface area (Å²) in [5.41, 5.74) is 6.30. The maximum Gasteiger partial charge on any atom is 0.259 e. The number of aromatic nitrogens is 1. The standard InChI is InChI=1S/C25H29N5O3/c1-15(2)14-30-19-9-7-6-8-17(19)25(24(30)32)18(13-26)22(27)33-20-12-16(3)29(11-10-28(4)5)23(31)21(20)25/h6-9,12,15H,10-11,14,27H2,1-5H3. The van der Waals surface area contributed by atoms with Gasteiger partial charge in [0.25, 0.3) is 5.56 Å². The lowest BCUT2D eigenvalue weighted by Crippen LogP contribution is -2.50. The van der Waals surface area contributed by atoms with E-state index in [2.05, 4.69) is 6.07 Å². The lowest BCUT2D eigenvalue weighted by atomic mass is 9.69. The van der Waals surface area contributed by atoms with Crippen LogP contribution in [0.2, 0.25) is 0 Å². The van der Waals surface area contributed by atoms with E-state index in [0.29, 0.717) is 36.6 Å². The minimum atomic E-state index is -1.64. The number of amides is 1. The van der Waals surface area contributed by atoms with E-state index in [1.54, 1.807) is 21.6 Å². The molecule has 2 aromatic rings. The Morgan fingerprint density at radius 3 is 2.58 bits per heavy atom. The number of anilines is 1. The third-order valence-corrected chi connectivity index (χ3v) is 6.28. The van der Waals surface area contributed by atoms with Crippen LogP contribution in [0, 0.1) is 24.2 Å². The SMILES string of the molecule is Cc1cc2c(c(=O)n1CCN(C)C)C1(C(=O)N(CC(C)C)c3ccccc31)C(C#N)=C(N)O2. The van der Waals surface area contributed by atoms with E-state index in [1.165, 1.54) is 0 Å². The normalized spacial score (nSPS) is 19.2. The fraction of sp³-hybridized carbons (Fsp3) is 0.400. The highest BCUT2D eigenvalue weighted by atomic mass is 16.5. The van der Waals surface area contributed by atoms with Gasteiger partial charge in [0.15, 0.2) is 5.41 Å². The highest BCUT2D eigenvalue weighted by molar-refractivity contribution is 6.14. The Morgan fingerprint density at radius 2 is 1.94 bits per heavy atom. The van der Waals surface area contributed by atoms with Crippen molar-refractivity contribution >= 4 is 11.6 Å². The molecule has 0 saturated heterocycles. The van der Waals surface area contributed by atoms with Gasteiger partial charge < -0.3 is 24.8 Å². The second-order valence-corrected chi connectivity index (χ2v) is 9.31. The highest BCUT2D eigenvalue weighted by Gasteiger charge is 2.60. The van der Waals surface area contributed by atoms with E-state index in [1.807, 2.05) is 58.0 Å². The van der Waals surface area contributed by atoms with Crippen LogP contribution in [0.1, 0.15) is 30.7 Å². The maximum atomic E-state index is 14.2. The molecule has 2 N–H and O–H groups in total. The Morgan fingerprint density at radius 1 is 1.24 bits per heavy atom. The number of nitrogens with zero attached hydrogens (tertiary/aromatic N) is 4. The van der Waals surface area contributed by atoms with Crippen molar-refractivity contribution in [1.82, 2.24) is 9.47 Å². The molecule has 8 heteroatoms. The first kappa shape index (κ1) is 22.6. The van der Waals surface area contributed by atoms with Crippen LogP contribution >= 0.6 is 0 Å². The molecule has 0 fully saturated rings. The van der Waals surface area contributed by atoms with Gasteiger partial charge in [0.05, 0.1) is 5.56 Å². The first-order chi connectivity index (χ1) is 15.6. The molecule has 172 valence electrons. The second kappa shape index (κ2) is 8.09. The summed E-state index contributed by atoms with van der Waals surface area (Å²) in [4.78, 5) is 31.9. The van der Waals surface area contributed by atoms with Crippen molar-refractivity contribution < 1.29 is 9.53 Å². The molecule has 1 atom stereocenters. The summed E-state index contributed by atoms with van der Waals surface area (Å²) in [6, 6.07) is 11.2. The van der Waals surface area contributed by atoms with Gasteiger partial charge in [-0.25, -0.2) is 0 Å². The lowest BCUT2D eigenvalue weighted by Gasteiger charge is -2.34. The van der Waals surface area contributed by atoms with Crippen LogP contribution < -0.4 is 20.9 Å². The molecule has 0 bridgehead atoms. The smallest absolute Gasteiger partial charge is 0.259 e. The molecule has 1 aromatic carbocycles. The zero-order valence-electron chi connectivity index (χ0n) is 19.7. The molecule has 33 heavy (non-hydrogen) atoms. The van der Waals surface area contributed by atoms with Crippen molar-refractivity contribution in [3.63, 3.8) is 0 Å². The topological polar surface area (TPSA) is 105 Å². The van der Waals surface area contributed by atoms with E-state index < -0.39 is 5.41 Å². The average Bonchev–Trinajstić information content (AvgIpc) is 2.96. The van der Waals surface area contributed by atoms with E-state index >= 15 is 0 Å². The summed E-state index contributed by atoms with van der Waals surface area (Å²) < 4.78 is 7.42. The number of carbonyl (C=O) groups excluding carboxylic acids is 1. The van der Waals surface area contributed by atoms with Gasteiger partial charge >= 0.3 is 0 Å². The average molecular weight is 448 g/mol. The first-order valence-electron chi connectivity index (χ1n) is 11.0. The molecule has 2 aliphatic heterocycles. The number of aryl methyl sites for hydroxylation is 1. The second-order valence-electron chi connectivity index (χ2n) is 9.31. The Bertz CT molecular complexity index is 1270. The van der Waals surface area contributed by atoms with Gasteiger partial charge in [-0.3, -0.25) is 9.59 Å². The molecule has 1 aromatic heterocycles. The monoisotopic (exact) mass is 447 g/mol. The number of hydrogen-bond acceptors (Lipinski definition) is 6. The predicted molar refractivity (Wildman–Crippen MR) is 126 cm³/mol. The van der Waals surface area contributed by atoms with Crippen LogP contribution in [0.5, 0.6) is 5.75 Å². The summed E-state index contributed by atoms with van der Waals surface area (Å²) in [5, 5.41) is 10.2. The van der Waals surface area contributed by atoms with E-state index in [0.717, 1.165) is 0 Å². The molecule has 1 amide bonds. The van der Waals surface area contributed by atoms with Crippen molar-refractivity contribution in [1.29, 1.82) is 5.26 Å². The first-order valence-corrected chi connectivity index (χ1v) is 11.0. The number of carbonyl (C=O) groups is 1. The van der Waals surface area contributed by atoms with Crippen LogP contribution in [-0.4, -0.2) is 42.6 Å². The molecule has 1 spiro atoms. The van der Waals surface area contributed by atoms with E-state index in [4.69, 9.17) is 10.5 Å². The van der Waals surface area contributed by atoms with Crippen molar-refractivity contribution in [2.45, 2.75) is 32.7 Å². The number of likely N-dealkylation sites (N-methyl/N-ethyl adjacent to an activating group) is 1. The number of pyridine rings is 1. The Balaban J connectivity index is 2.09. The number of nitriles is 1. The third kappa shape index (κ3) is 3.23. The largest absolute Gasteiger partial charge is 0.440 e. The van der Waals surface area contributed by atoms with Crippen molar-refractivity contribution in [3.8, 4) is 11.8 Å². The molecule has 3 heterocycles. The number of nitrogens with two attached hydrogens (primary N) is 1. The Labute approximate surface area is 193 Å². The molecule has 1 unspecified atom stereocenters. The summed E-state index contributed by atoms with van der Waals surface area (Å²) in [6.45, 7) is 7.39. The molecule has 8 nitrogen and oxygen atoms in total. The molecular formula is C25H29N5O3. The fourth-order valence-corrected chi connectivity index (χ4v) is 4.84. The van der Waals surface area contributed by atoms with Crippen molar-refractivity contribution in [3.05, 3.63) is 69.0 Å². The minimum absolute atomic E-state index is 0.0428. The van der Waals surface area contributed by atoms with E-state index in [9.17, 15) is 14.9 Å². The summed E-state index contributed by atoms with van der Waals surface area (Å²) in [6.07, 6.45) is 0. The molecule has 4 rings (SSSR count). The fourth-order valence-electron chi connectivity index (χ4n) is 4.84. The van der Waals surface area contributed by atoms with Crippen molar-refractivity contribution in [2.75, 3.05) is 32.1 Å². The Kier molecular flexibility index (Phi) is 5.54. The number of ether oxygens (including phenoxy) is 1. The number of rotatable bonds is 5. The van der Waals surface area contributed by atoms with Crippen LogP contribution in [0.25, 0.3) is 0 Å². The van der Waals surface area contributed by atoms with Crippen LogP contribution in [-0.2, 0) is 16.8 Å². The van der Waals surface area contributed by atoms with Crippen LogP contribution in [0.4, 0.5) is 5.69 Å². The molecule has 0 saturated carbocycles. The van der Waals surface area contributed by atoms with Gasteiger partial charge in [-0.1, -0.05) is 32.0 Å². The molecule has 2 aliphatic rings. The highest BCUT2D eigenvalue weighted by Crippen LogP contribution is 2.54. The zero-order valence-corrected chi connectivity index (χ0v) is 19.7. The van der Waals surface area contributed by atoms with E-state index in [-0.39, 0.29) is 40.2 Å². The van der Waals surface area contributed by atoms with Crippen LogP contribution in [0.3, 0.4) is 0 Å². The number of benzene rings is 1. The molecular weight excluding hydrogens is 418 g/mol. The zero-order chi connectivity index (χ0) is 24.1. The van der Waals surface area contributed by atoms with Gasteiger partial charge in [-0.2, -0.15) is 5.26 Å². The summed E-state index contributed by atoms with van der Waals surface area (Å²) >= 11 is 0. The maximum absolute atomic E-state index is 14.2. The summed E-state index contributed by atoms with van der Waals surface area (Å²) in [5.74, 6) is -0.0892. The van der Waals surface area contributed by atoms with Gasteiger partial charge in [0, 0.05) is 42.6 Å².